The van der Waals surface area contributed by atoms with E-state index in [1.165, 1.54) is 0 Å². The van der Waals surface area contributed by atoms with Gasteiger partial charge in [-0.3, -0.25) is 9.59 Å². The number of furan rings is 1. The summed E-state index contributed by atoms with van der Waals surface area (Å²) in [5, 5.41) is 5.36. The molecular weight excluding hydrogens is 322 g/mol. The van der Waals surface area contributed by atoms with Crippen molar-refractivity contribution in [2.24, 2.45) is 7.05 Å². The summed E-state index contributed by atoms with van der Waals surface area (Å²) < 4.78 is 12.1. The molecule has 7 heteroatoms. The van der Waals surface area contributed by atoms with Gasteiger partial charge in [0.05, 0.1) is 24.9 Å². The number of nitrogens with zero attached hydrogens (tertiary/aromatic N) is 1. The van der Waals surface area contributed by atoms with E-state index in [-0.39, 0.29) is 18.4 Å². The van der Waals surface area contributed by atoms with E-state index in [0.29, 0.717) is 23.6 Å². The van der Waals surface area contributed by atoms with E-state index in [0.717, 1.165) is 11.1 Å². The Morgan fingerprint density at radius 3 is 2.84 bits per heavy atom. The van der Waals surface area contributed by atoms with Gasteiger partial charge in [0.1, 0.15) is 5.69 Å². The van der Waals surface area contributed by atoms with Gasteiger partial charge in [0, 0.05) is 32.0 Å². The van der Waals surface area contributed by atoms with Gasteiger partial charge in [-0.25, -0.2) is 0 Å². The van der Waals surface area contributed by atoms with Crippen LogP contribution in [-0.4, -0.2) is 30.0 Å². The van der Waals surface area contributed by atoms with Crippen LogP contribution in [0.4, 0.5) is 5.69 Å². The van der Waals surface area contributed by atoms with Crippen LogP contribution in [0.3, 0.4) is 0 Å². The third kappa shape index (κ3) is 3.72. The molecule has 130 valence electrons. The number of nitrogens with one attached hydrogen (secondary N) is 2. The summed E-state index contributed by atoms with van der Waals surface area (Å²) in [5.74, 6) is -0.641. The summed E-state index contributed by atoms with van der Waals surface area (Å²) in [4.78, 5) is 24.3. The van der Waals surface area contributed by atoms with Crippen LogP contribution in [0.5, 0.6) is 0 Å². The Morgan fingerprint density at radius 2 is 2.08 bits per heavy atom. The fourth-order valence-electron chi connectivity index (χ4n) is 2.63. The highest BCUT2D eigenvalue weighted by atomic mass is 16.5. The number of anilines is 1. The van der Waals surface area contributed by atoms with Crippen molar-refractivity contribution >= 4 is 28.6 Å². The molecule has 25 heavy (non-hydrogen) atoms. The van der Waals surface area contributed by atoms with Crippen LogP contribution in [0.1, 0.15) is 16.1 Å². The minimum absolute atomic E-state index is 0.125. The van der Waals surface area contributed by atoms with E-state index in [1.807, 2.05) is 18.2 Å². The first-order chi connectivity index (χ1) is 12.1. The van der Waals surface area contributed by atoms with Crippen molar-refractivity contribution in [3.63, 3.8) is 0 Å². The minimum Gasteiger partial charge on any atom is -0.463 e. The van der Waals surface area contributed by atoms with E-state index in [4.69, 9.17) is 9.15 Å². The first kappa shape index (κ1) is 16.8. The Labute approximate surface area is 144 Å². The Balaban J connectivity index is 1.58. The van der Waals surface area contributed by atoms with Crippen molar-refractivity contribution < 1.29 is 18.7 Å². The largest absolute Gasteiger partial charge is 0.463 e. The van der Waals surface area contributed by atoms with Crippen molar-refractivity contribution in [3.05, 3.63) is 53.9 Å². The lowest BCUT2D eigenvalue weighted by molar-refractivity contribution is -0.115. The molecule has 0 saturated carbocycles. The van der Waals surface area contributed by atoms with Gasteiger partial charge < -0.3 is 24.4 Å². The molecule has 2 amide bonds. The molecule has 0 bridgehead atoms. The second-order valence-electron chi connectivity index (χ2n) is 5.62. The number of carbonyl (C=O) groups excluding carboxylic acids is 2. The summed E-state index contributed by atoms with van der Waals surface area (Å²) >= 11 is 0. The number of rotatable bonds is 6. The molecule has 0 fully saturated rings. The number of methoxy groups -OCH3 is 1. The summed E-state index contributed by atoms with van der Waals surface area (Å²) in [7, 11) is 3.38. The quantitative estimate of drug-likeness (QED) is 0.720. The molecule has 0 spiro atoms. The van der Waals surface area contributed by atoms with Gasteiger partial charge in [-0.05, 0) is 17.7 Å². The molecule has 3 aromatic rings. The second kappa shape index (κ2) is 7.23. The Kier molecular flexibility index (Phi) is 4.85. The van der Waals surface area contributed by atoms with E-state index in [1.54, 1.807) is 43.2 Å². The number of aromatic nitrogens is 1. The lowest BCUT2D eigenvalue weighted by Gasteiger charge is -2.09. The van der Waals surface area contributed by atoms with Crippen molar-refractivity contribution in [3.8, 4) is 0 Å². The molecule has 2 heterocycles. The molecule has 0 unspecified atom stereocenters. The molecule has 0 atom stereocenters. The fourth-order valence-corrected chi connectivity index (χ4v) is 2.63. The topological polar surface area (TPSA) is 85.5 Å². The van der Waals surface area contributed by atoms with Gasteiger partial charge in [0.2, 0.25) is 5.91 Å². The molecular formula is C18H19N3O4. The number of hydrogen-bond acceptors (Lipinski definition) is 4. The normalized spacial score (nSPS) is 10.8. The van der Waals surface area contributed by atoms with E-state index in [2.05, 4.69) is 10.6 Å². The second-order valence-corrected chi connectivity index (χ2v) is 5.62. The number of amides is 2. The molecule has 2 N–H and O–H groups in total. The maximum Gasteiger partial charge on any atom is 0.268 e. The standard InChI is InChI=1S/C18H19N3O4/c1-21-14-6-7-25-16(14)9-15(21)18(23)19-10-17(22)20-13-5-3-4-12(8-13)11-24-2/h3-9H,10-11H2,1-2H3,(H,19,23)(H,20,22). The van der Waals surface area contributed by atoms with Crippen molar-refractivity contribution in [1.29, 1.82) is 0 Å². The Morgan fingerprint density at radius 1 is 1.24 bits per heavy atom. The molecule has 0 aliphatic carbocycles. The molecule has 0 aliphatic heterocycles. The van der Waals surface area contributed by atoms with Crippen LogP contribution in [0.25, 0.3) is 11.1 Å². The summed E-state index contributed by atoms with van der Waals surface area (Å²) in [5.41, 5.74) is 3.50. The monoisotopic (exact) mass is 341 g/mol. The predicted molar refractivity (Wildman–Crippen MR) is 93.3 cm³/mol. The number of ether oxygens (including phenoxy) is 1. The molecule has 0 saturated heterocycles. The SMILES string of the molecule is COCc1cccc(NC(=O)CNC(=O)c2cc3occc3n2C)c1. The average molecular weight is 341 g/mol. The highest BCUT2D eigenvalue weighted by Crippen LogP contribution is 2.19. The van der Waals surface area contributed by atoms with Gasteiger partial charge in [0.25, 0.3) is 5.91 Å². The number of carbonyl (C=O) groups is 2. The van der Waals surface area contributed by atoms with E-state index < -0.39 is 0 Å². The van der Waals surface area contributed by atoms with Crippen LogP contribution >= 0.6 is 0 Å². The lowest BCUT2D eigenvalue weighted by atomic mass is 10.2. The fraction of sp³-hybridized carbons (Fsp3) is 0.222. The zero-order chi connectivity index (χ0) is 17.8. The third-order valence-electron chi connectivity index (χ3n) is 3.83. The Hall–Kier alpha value is -3.06. The van der Waals surface area contributed by atoms with Gasteiger partial charge in [-0.15, -0.1) is 0 Å². The first-order valence-electron chi connectivity index (χ1n) is 7.77. The number of benzene rings is 1. The van der Waals surface area contributed by atoms with Gasteiger partial charge in [0.15, 0.2) is 5.58 Å². The van der Waals surface area contributed by atoms with Crippen LogP contribution in [0.15, 0.2) is 47.1 Å². The molecule has 2 aromatic heterocycles. The van der Waals surface area contributed by atoms with Crippen molar-refractivity contribution in [1.82, 2.24) is 9.88 Å². The van der Waals surface area contributed by atoms with Crippen molar-refractivity contribution in [2.45, 2.75) is 6.61 Å². The molecule has 0 radical (unpaired) electrons. The maximum atomic E-state index is 12.3. The minimum atomic E-state index is -0.336. The number of fused-ring (bicyclic) bond motifs is 1. The van der Waals surface area contributed by atoms with Crippen molar-refractivity contribution in [2.75, 3.05) is 19.0 Å². The summed E-state index contributed by atoms with van der Waals surface area (Å²) in [6.45, 7) is 0.342. The van der Waals surface area contributed by atoms with Gasteiger partial charge in [-0.2, -0.15) is 0 Å². The molecule has 0 aliphatic rings. The lowest BCUT2D eigenvalue weighted by Crippen LogP contribution is -2.33. The zero-order valence-corrected chi connectivity index (χ0v) is 14.0. The smallest absolute Gasteiger partial charge is 0.268 e. The van der Waals surface area contributed by atoms with E-state index in [9.17, 15) is 9.59 Å². The average Bonchev–Trinajstić information content (AvgIpc) is 3.17. The van der Waals surface area contributed by atoms with Crippen LogP contribution in [-0.2, 0) is 23.2 Å². The molecule has 3 rings (SSSR count). The highest BCUT2D eigenvalue weighted by Gasteiger charge is 2.15. The van der Waals surface area contributed by atoms with Gasteiger partial charge >= 0.3 is 0 Å². The molecule has 1 aromatic carbocycles. The van der Waals surface area contributed by atoms with Crippen LogP contribution in [0, 0.1) is 0 Å². The maximum absolute atomic E-state index is 12.3. The summed E-state index contributed by atoms with van der Waals surface area (Å²) in [6.07, 6.45) is 1.57. The Bertz CT molecular complexity index is 910. The van der Waals surface area contributed by atoms with Gasteiger partial charge in [-0.1, -0.05) is 12.1 Å². The van der Waals surface area contributed by atoms with Crippen LogP contribution in [0.2, 0.25) is 0 Å². The predicted octanol–water partition coefficient (Wildman–Crippen LogP) is 2.29. The first-order valence-corrected chi connectivity index (χ1v) is 7.77. The third-order valence-corrected chi connectivity index (χ3v) is 3.83. The number of hydrogen-bond donors (Lipinski definition) is 2. The van der Waals surface area contributed by atoms with E-state index >= 15 is 0 Å². The summed E-state index contributed by atoms with van der Waals surface area (Å²) in [6, 6.07) is 10.8. The van der Waals surface area contributed by atoms with Crippen LogP contribution < -0.4 is 10.6 Å². The molecule has 7 nitrogen and oxygen atoms in total. The number of aryl methyl sites for hydroxylation is 1. The highest BCUT2D eigenvalue weighted by molar-refractivity contribution is 6.00. The zero-order valence-electron chi connectivity index (χ0n) is 14.0.